The van der Waals surface area contributed by atoms with Gasteiger partial charge in [-0.25, -0.2) is 0 Å². The molecule has 1 aromatic heterocycles. The van der Waals surface area contributed by atoms with Crippen LogP contribution in [0.1, 0.15) is 49.8 Å². The van der Waals surface area contributed by atoms with Crippen molar-refractivity contribution in [3.8, 4) is 0 Å². The fourth-order valence-electron chi connectivity index (χ4n) is 3.04. The summed E-state index contributed by atoms with van der Waals surface area (Å²) in [4.78, 5) is 7.22. The molecule has 114 valence electrons. The molecule has 3 fully saturated rings. The van der Waals surface area contributed by atoms with Crippen molar-refractivity contribution in [1.82, 2.24) is 10.3 Å². The molecule has 4 rings (SSSR count). The molecule has 0 saturated heterocycles. The number of anilines is 1. The van der Waals surface area contributed by atoms with E-state index in [0.717, 1.165) is 30.1 Å². The zero-order chi connectivity index (χ0) is 14.2. The summed E-state index contributed by atoms with van der Waals surface area (Å²) in [6, 6.07) is 3.08. The number of hydrogen-bond acceptors (Lipinski definition) is 3. The second-order valence-corrected chi connectivity index (χ2v) is 7.40. The van der Waals surface area contributed by atoms with E-state index in [1.165, 1.54) is 62.9 Å². The van der Waals surface area contributed by atoms with Gasteiger partial charge in [-0.3, -0.25) is 4.98 Å². The molecule has 3 nitrogen and oxygen atoms in total. The Balaban J connectivity index is 1.53. The molecule has 3 aliphatic carbocycles. The monoisotopic (exact) mass is 285 g/mol. The largest absolute Gasteiger partial charge is 0.371 e. The molecule has 0 atom stereocenters. The predicted molar refractivity (Wildman–Crippen MR) is 86.5 cm³/mol. The number of pyridine rings is 1. The molecule has 1 N–H and O–H groups in total. The maximum absolute atomic E-state index is 4.54. The van der Waals surface area contributed by atoms with Gasteiger partial charge in [-0.15, -0.1) is 0 Å². The van der Waals surface area contributed by atoms with E-state index in [1.54, 1.807) is 0 Å². The highest BCUT2D eigenvalue weighted by atomic mass is 15.1. The topological polar surface area (TPSA) is 28.2 Å². The van der Waals surface area contributed by atoms with E-state index in [-0.39, 0.29) is 0 Å². The van der Waals surface area contributed by atoms with Gasteiger partial charge in [0, 0.05) is 48.8 Å². The molecule has 3 heteroatoms. The average Bonchev–Trinajstić information content (AvgIpc) is 3.33. The van der Waals surface area contributed by atoms with Crippen LogP contribution in [-0.4, -0.2) is 24.1 Å². The van der Waals surface area contributed by atoms with E-state index >= 15 is 0 Å². The minimum Gasteiger partial charge on any atom is -0.371 e. The molecule has 3 aliphatic rings. The molecule has 0 spiro atoms. The lowest BCUT2D eigenvalue weighted by Crippen LogP contribution is -2.30. The Morgan fingerprint density at radius 1 is 1.10 bits per heavy atom. The lowest BCUT2D eigenvalue weighted by atomic mass is 10.1. The van der Waals surface area contributed by atoms with Crippen molar-refractivity contribution >= 4 is 5.69 Å². The van der Waals surface area contributed by atoms with Crippen molar-refractivity contribution in [1.29, 1.82) is 0 Å². The number of rotatable bonds is 8. The second-order valence-electron chi connectivity index (χ2n) is 7.40. The van der Waals surface area contributed by atoms with Crippen LogP contribution in [0.4, 0.5) is 5.69 Å². The Hall–Kier alpha value is -1.09. The molecule has 0 aromatic carbocycles. The fraction of sp³-hybridized carbons (Fsp3) is 0.722. The first-order valence-electron chi connectivity index (χ1n) is 8.72. The van der Waals surface area contributed by atoms with E-state index in [9.17, 15) is 0 Å². The maximum Gasteiger partial charge on any atom is 0.0445 e. The van der Waals surface area contributed by atoms with Gasteiger partial charge in [-0.1, -0.05) is 0 Å². The molecule has 3 saturated carbocycles. The SMILES string of the molecule is Cc1cc(N(CC2CC2)CC2CC2)c(CNC2CC2)cn1. The van der Waals surface area contributed by atoms with E-state index in [4.69, 9.17) is 0 Å². The van der Waals surface area contributed by atoms with Crippen molar-refractivity contribution in [2.24, 2.45) is 11.8 Å². The van der Waals surface area contributed by atoms with E-state index in [0.29, 0.717) is 0 Å². The van der Waals surface area contributed by atoms with Gasteiger partial charge >= 0.3 is 0 Å². The smallest absolute Gasteiger partial charge is 0.0445 e. The van der Waals surface area contributed by atoms with Gasteiger partial charge in [0.1, 0.15) is 0 Å². The lowest BCUT2D eigenvalue weighted by Gasteiger charge is -2.27. The number of aryl methyl sites for hydroxylation is 1. The second kappa shape index (κ2) is 5.60. The van der Waals surface area contributed by atoms with Crippen LogP contribution in [0.5, 0.6) is 0 Å². The summed E-state index contributed by atoms with van der Waals surface area (Å²) in [5.41, 5.74) is 4.00. The zero-order valence-corrected chi connectivity index (χ0v) is 13.1. The molecule has 0 radical (unpaired) electrons. The van der Waals surface area contributed by atoms with Crippen LogP contribution in [0.2, 0.25) is 0 Å². The highest BCUT2D eigenvalue weighted by Gasteiger charge is 2.30. The first kappa shape index (κ1) is 13.6. The molecule has 0 bridgehead atoms. The molecule has 1 heterocycles. The van der Waals surface area contributed by atoms with Gasteiger partial charge in [-0.05, 0) is 63.4 Å². The zero-order valence-electron chi connectivity index (χ0n) is 13.1. The first-order chi connectivity index (χ1) is 10.3. The molecule has 0 amide bonds. The summed E-state index contributed by atoms with van der Waals surface area (Å²) < 4.78 is 0. The van der Waals surface area contributed by atoms with E-state index in [1.807, 2.05) is 0 Å². The molecular formula is C18H27N3. The maximum atomic E-state index is 4.54. The Morgan fingerprint density at radius 3 is 2.33 bits per heavy atom. The van der Waals surface area contributed by atoms with Crippen molar-refractivity contribution in [3.05, 3.63) is 23.5 Å². The van der Waals surface area contributed by atoms with Crippen LogP contribution in [0.3, 0.4) is 0 Å². The third kappa shape index (κ3) is 3.76. The highest BCUT2D eigenvalue weighted by Crippen LogP contribution is 2.37. The number of nitrogens with one attached hydrogen (secondary N) is 1. The molecule has 1 aromatic rings. The number of aromatic nitrogens is 1. The standard InChI is InChI=1S/C18H27N3/c1-13-8-18(16(9-19-13)10-20-17-6-7-17)21(11-14-2-3-14)12-15-4-5-15/h8-9,14-15,17,20H,2-7,10-12H2,1H3. The van der Waals surface area contributed by atoms with E-state index in [2.05, 4.69) is 34.4 Å². The van der Waals surface area contributed by atoms with Crippen LogP contribution in [0.25, 0.3) is 0 Å². The quantitative estimate of drug-likeness (QED) is 0.794. The van der Waals surface area contributed by atoms with Gasteiger partial charge in [0.15, 0.2) is 0 Å². The van der Waals surface area contributed by atoms with Gasteiger partial charge in [0.25, 0.3) is 0 Å². The molecule has 21 heavy (non-hydrogen) atoms. The van der Waals surface area contributed by atoms with Crippen LogP contribution in [0, 0.1) is 18.8 Å². The summed E-state index contributed by atoms with van der Waals surface area (Å²) in [5.74, 6) is 1.89. The summed E-state index contributed by atoms with van der Waals surface area (Å²) in [5, 5.41) is 3.66. The van der Waals surface area contributed by atoms with E-state index < -0.39 is 0 Å². The molecule has 0 aliphatic heterocycles. The number of nitrogens with zero attached hydrogens (tertiary/aromatic N) is 2. The summed E-state index contributed by atoms with van der Waals surface area (Å²) in [6.45, 7) is 5.62. The Labute approximate surface area is 128 Å². The predicted octanol–water partition coefficient (Wildman–Crippen LogP) is 3.27. The van der Waals surface area contributed by atoms with Gasteiger partial charge in [0.05, 0.1) is 0 Å². The van der Waals surface area contributed by atoms with Crippen LogP contribution in [0.15, 0.2) is 12.3 Å². The van der Waals surface area contributed by atoms with Crippen molar-refractivity contribution in [2.45, 2.75) is 58.0 Å². The Kier molecular flexibility index (Phi) is 3.62. The summed E-state index contributed by atoms with van der Waals surface area (Å²) in [7, 11) is 0. The Morgan fingerprint density at radius 2 is 1.76 bits per heavy atom. The van der Waals surface area contributed by atoms with Crippen molar-refractivity contribution < 1.29 is 0 Å². The normalized spacial score (nSPS) is 21.6. The van der Waals surface area contributed by atoms with Gasteiger partial charge in [-0.2, -0.15) is 0 Å². The van der Waals surface area contributed by atoms with Crippen LogP contribution < -0.4 is 10.2 Å². The van der Waals surface area contributed by atoms with Crippen molar-refractivity contribution in [3.63, 3.8) is 0 Å². The summed E-state index contributed by atoms with van der Waals surface area (Å²) >= 11 is 0. The third-order valence-electron chi connectivity index (χ3n) is 4.95. The number of hydrogen-bond donors (Lipinski definition) is 1. The molecular weight excluding hydrogens is 258 g/mol. The van der Waals surface area contributed by atoms with Gasteiger partial charge < -0.3 is 10.2 Å². The summed E-state index contributed by atoms with van der Waals surface area (Å²) in [6.07, 6.45) is 10.5. The third-order valence-corrected chi connectivity index (χ3v) is 4.95. The first-order valence-corrected chi connectivity index (χ1v) is 8.72. The highest BCUT2D eigenvalue weighted by molar-refractivity contribution is 5.54. The Bertz CT molecular complexity index is 487. The average molecular weight is 285 g/mol. The minimum atomic E-state index is 0.763. The van der Waals surface area contributed by atoms with Crippen LogP contribution in [-0.2, 0) is 6.54 Å². The van der Waals surface area contributed by atoms with Gasteiger partial charge in [0.2, 0.25) is 0 Å². The lowest BCUT2D eigenvalue weighted by molar-refractivity contribution is 0.656. The van der Waals surface area contributed by atoms with Crippen LogP contribution >= 0.6 is 0 Å². The molecule has 0 unspecified atom stereocenters. The minimum absolute atomic E-state index is 0.763. The fourth-order valence-corrected chi connectivity index (χ4v) is 3.04. The van der Waals surface area contributed by atoms with Crippen molar-refractivity contribution in [2.75, 3.05) is 18.0 Å².